The van der Waals surface area contributed by atoms with E-state index in [1.54, 1.807) is 0 Å². The number of nitrogens with one attached hydrogen (secondary N) is 1. The Morgan fingerprint density at radius 1 is 1.42 bits per heavy atom. The van der Waals surface area contributed by atoms with Crippen LogP contribution in [0.5, 0.6) is 0 Å². The van der Waals surface area contributed by atoms with Crippen molar-refractivity contribution in [3.8, 4) is 0 Å². The summed E-state index contributed by atoms with van der Waals surface area (Å²) in [6.07, 6.45) is 2.53. The highest BCUT2D eigenvalue weighted by Crippen LogP contribution is 2.26. The summed E-state index contributed by atoms with van der Waals surface area (Å²) in [6.45, 7) is 9.61. The molecule has 0 aliphatic carbocycles. The predicted octanol–water partition coefficient (Wildman–Crippen LogP) is 1.80. The highest BCUT2D eigenvalue weighted by molar-refractivity contribution is 4.94. The van der Waals surface area contributed by atoms with Crippen LogP contribution in [0.15, 0.2) is 0 Å². The summed E-state index contributed by atoms with van der Waals surface area (Å²) in [5.74, 6) is 0.813. The minimum atomic E-state index is 0.324. The zero-order valence-electron chi connectivity index (χ0n) is 8.52. The molecule has 0 aromatic rings. The van der Waals surface area contributed by atoms with Crippen molar-refractivity contribution >= 4 is 0 Å². The van der Waals surface area contributed by atoms with Gasteiger partial charge < -0.3 is 10.1 Å². The molecule has 0 spiro atoms. The average molecular weight is 171 g/mol. The van der Waals surface area contributed by atoms with Crippen LogP contribution < -0.4 is 5.32 Å². The summed E-state index contributed by atoms with van der Waals surface area (Å²) in [4.78, 5) is 0. The number of ether oxygens (including phenoxy) is 1. The zero-order valence-corrected chi connectivity index (χ0v) is 8.52. The van der Waals surface area contributed by atoms with Gasteiger partial charge >= 0.3 is 0 Å². The molecular weight excluding hydrogens is 150 g/mol. The van der Waals surface area contributed by atoms with Crippen molar-refractivity contribution in [2.24, 2.45) is 5.92 Å². The molecule has 1 atom stereocenters. The van der Waals surface area contributed by atoms with Gasteiger partial charge in [0.1, 0.15) is 0 Å². The van der Waals surface area contributed by atoms with E-state index in [1.807, 2.05) is 0 Å². The fourth-order valence-corrected chi connectivity index (χ4v) is 1.83. The lowest BCUT2D eigenvalue weighted by Crippen LogP contribution is -2.61. The molecule has 1 N–H and O–H groups in total. The molecule has 1 fully saturated rings. The smallest absolute Gasteiger partial charge is 0.0672 e. The molecule has 0 aromatic carbocycles. The lowest BCUT2D eigenvalue weighted by atomic mass is 9.85. The Bertz CT molecular complexity index is 132. The van der Waals surface area contributed by atoms with Gasteiger partial charge in [-0.15, -0.1) is 0 Å². The third kappa shape index (κ3) is 2.20. The molecular formula is C10H21NO. The fraction of sp³-hybridized carbons (Fsp3) is 1.00. The van der Waals surface area contributed by atoms with Crippen molar-refractivity contribution in [2.45, 2.75) is 39.2 Å². The molecule has 0 bridgehead atoms. The van der Waals surface area contributed by atoms with E-state index in [0.717, 1.165) is 25.7 Å². The van der Waals surface area contributed by atoms with Gasteiger partial charge in [0.25, 0.3) is 0 Å². The molecule has 1 aliphatic heterocycles. The van der Waals surface area contributed by atoms with Crippen molar-refractivity contribution in [1.29, 1.82) is 0 Å². The van der Waals surface area contributed by atoms with Gasteiger partial charge in [0.05, 0.1) is 18.8 Å². The molecule has 72 valence electrons. The van der Waals surface area contributed by atoms with E-state index in [4.69, 9.17) is 4.74 Å². The summed E-state index contributed by atoms with van der Waals surface area (Å²) < 4.78 is 5.27. The quantitative estimate of drug-likeness (QED) is 0.681. The summed E-state index contributed by atoms with van der Waals surface area (Å²) >= 11 is 0. The SMILES string of the molecule is CCNC1(CC(C)CC)COC1. The van der Waals surface area contributed by atoms with Crippen molar-refractivity contribution in [3.05, 3.63) is 0 Å². The van der Waals surface area contributed by atoms with Crippen molar-refractivity contribution in [1.82, 2.24) is 5.32 Å². The van der Waals surface area contributed by atoms with Crippen LogP contribution in [-0.4, -0.2) is 25.3 Å². The molecule has 1 heterocycles. The minimum absolute atomic E-state index is 0.324. The maximum absolute atomic E-state index is 5.27. The van der Waals surface area contributed by atoms with Gasteiger partial charge in [-0.1, -0.05) is 27.2 Å². The van der Waals surface area contributed by atoms with Gasteiger partial charge in [-0.3, -0.25) is 0 Å². The molecule has 0 amide bonds. The largest absolute Gasteiger partial charge is 0.377 e. The first-order chi connectivity index (χ1) is 5.72. The Hall–Kier alpha value is -0.0800. The first kappa shape index (κ1) is 10.0. The fourth-order valence-electron chi connectivity index (χ4n) is 1.83. The minimum Gasteiger partial charge on any atom is -0.377 e. The van der Waals surface area contributed by atoms with E-state index >= 15 is 0 Å². The van der Waals surface area contributed by atoms with Gasteiger partial charge in [0.2, 0.25) is 0 Å². The highest BCUT2D eigenvalue weighted by Gasteiger charge is 2.38. The molecule has 0 aromatic heterocycles. The van der Waals surface area contributed by atoms with Gasteiger partial charge in [0.15, 0.2) is 0 Å². The molecule has 1 saturated heterocycles. The summed E-state index contributed by atoms with van der Waals surface area (Å²) in [5, 5.41) is 3.54. The summed E-state index contributed by atoms with van der Waals surface area (Å²) in [6, 6.07) is 0. The van der Waals surface area contributed by atoms with Crippen LogP contribution in [0.3, 0.4) is 0 Å². The molecule has 12 heavy (non-hydrogen) atoms. The van der Waals surface area contributed by atoms with Crippen molar-refractivity contribution < 1.29 is 4.74 Å². The number of rotatable bonds is 5. The Kier molecular flexibility index (Phi) is 3.53. The Balaban J connectivity index is 2.33. The average Bonchev–Trinajstić information content (AvgIpc) is 2.00. The van der Waals surface area contributed by atoms with Crippen LogP contribution in [0.1, 0.15) is 33.6 Å². The topological polar surface area (TPSA) is 21.3 Å². The Labute approximate surface area is 75.7 Å². The van der Waals surface area contributed by atoms with Crippen LogP contribution in [0.2, 0.25) is 0 Å². The molecule has 0 saturated carbocycles. The number of likely N-dealkylation sites (N-methyl/N-ethyl adjacent to an activating group) is 1. The van der Waals surface area contributed by atoms with Gasteiger partial charge in [0, 0.05) is 0 Å². The van der Waals surface area contributed by atoms with Crippen molar-refractivity contribution in [2.75, 3.05) is 19.8 Å². The predicted molar refractivity (Wildman–Crippen MR) is 51.3 cm³/mol. The lowest BCUT2D eigenvalue weighted by Gasteiger charge is -2.43. The van der Waals surface area contributed by atoms with Crippen LogP contribution in [0.4, 0.5) is 0 Å². The standard InChI is InChI=1S/C10H21NO/c1-4-9(3)6-10(11-5-2)7-12-8-10/h9,11H,4-8H2,1-3H3. The van der Waals surface area contributed by atoms with E-state index < -0.39 is 0 Å². The third-order valence-corrected chi connectivity index (χ3v) is 2.74. The molecule has 1 unspecified atom stereocenters. The van der Waals surface area contributed by atoms with Crippen LogP contribution in [0.25, 0.3) is 0 Å². The van der Waals surface area contributed by atoms with E-state index in [9.17, 15) is 0 Å². The van der Waals surface area contributed by atoms with Gasteiger partial charge in [-0.05, 0) is 18.9 Å². The highest BCUT2D eigenvalue weighted by atomic mass is 16.5. The number of hydrogen-bond acceptors (Lipinski definition) is 2. The number of hydrogen-bond donors (Lipinski definition) is 1. The molecule has 0 radical (unpaired) electrons. The van der Waals surface area contributed by atoms with Gasteiger partial charge in [-0.25, -0.2) is 0 Å². The van der Waals surface area contributed by atoms with Gasteiger partial charge in [-0.2, -0.15) is 0 Å². The lowest BCUT2D eigenvalue weighted by molar-refractivity contribution is -0.0837. The van der Waals surface area contributed by atoms with E-state index in [-0.39, 0.29) is 0 Å². The second-order valence-electron chi connectivity index (χ2n) is 4.02. The van der Waals surface area contributed by atoms with Crippen LogP contribution in [-0.2, 0) is 4.74 Å². The Morgan fingerprint density at radius 3 is 2.42 bits per heavy atom. The van der Waals surface area contributed by atoms with E-state index in [0.29, 0.717) is 5.54 Å². The maximum atomic E-state index is 5.27. The molecule has 1 rings (SSSR count). The molecule has 1 aliphatic rings. The molecule has 2 nitrogen and oxygen atoms in total. The van der Waals surface area contributed by atoms with Crippen LogP contribution >= 0.6 is 0 Å². The monoisotopic (exact) mass is 171 g/mol. The van der Waals surface area contributed by atoms with E-state index in [1.165, 1.54) is 12.8 Å². The normalized spacial score (nSPS) is 23.2. The third-order valence-electron chi connectivity index (χ3n) is 2.74. The summed E-state index contributed by atoms with van der Waals surface area (Å²) in [7, 11) is 0. The first-order valence-electron chi connectivity index (χ1n) is 5.05. The second kappa shape index (κ2) is 4.24. The zero-order chi connectivity index (χ0) is 9.03. The maximum Gasteiger partial charge on any atom is 0.0672 e. The van der Waals surface area contributed by atoms with E-state index in [2.05, 4.69) is 26.1 Å². The van der Waals surface area contributed by atoms with Crippen LogP contribution in [0, 0.1) is 5.92 Å². The summed E-state index contributed by atoms with van der Waals surface area (Å²) in [5.41, 5.74) is 0.324. The Morgan fingerprint density at radius 2 is 2.08 bits per heavy atom. The first-order valence-corrected chi connectivity index (χ1v) is 5.05. The van der Waals surface area contributed by atoms with Crippen molar-refractivity contribution in [3.63, 3.8) is 0 Å². The molecule has 2 heteroatoms. The second-order valence-corrected chi connectivity index (χ2v) is 4.02.